The van der Waals surface area contributed by atoms with Gasteiger partial charge in [0.05, 0.1) is 0 Å². The average Bonchev–Trinajstić information content (AvgIpc) is 2.15. The van der Waals surface area contributed by atoms with Gasteiger partial charge >= 0.3 is 0 Å². The average molecular weight is 229 g/mol. The van der Waals surface area contributed by atoms with Crippen LogP contribution < -0.4 is 5.73 Å². The summed E-state index contributed by atoms with van der Waals surface area (Å²) in [6, 6.07) is 0. The van der Waals surface area contributed by atoms with Crippen molar-refractivity contribution in [3.05, 3.63) is 0 Å². The van der Waals surface area contributed by atoms with E-state index in [-0.39, 0.29) is 0 Å². The number of hydrogen-bond acceptors (Lipinski definition) is 3. The minimum absolute atomic E-state index is 0.657. The Morgan fingerprint density at radius 1 is 1.06 bits per heavy atom. The lowest BCUT2D eigenvalue weighted by atomic mass is 9.97. The molecule has 0 aromatic carbocycles. The minimum Gasteiger partial charge on any atom is -0.330 e. The first-order valence-electron chi connectivity index (χ1n) is 6.49. The summed E-state index contributed by atoms with van der Waals surface area (Å²) in [7, 11) is 6.46. The Balaban J connectivity index is 3.69. The first-order chi connectivity index (χ1) is 7.45. The second-order valence-corrected chi connectivity index (χ2v) is 5.65. The van der Waals surface area contributed by atoms with E-state index < -0.39 is 0 Å². The summed E-state index contributed by atoms with van der Waals surface area (Å²) < 4.78 is 0. The second-order valence-electron chi connectivity index (χ2n) is 5.65. The molecule has 98 valence electrons. The molecule has 0 heterocycles. The van der Waals surface area contributed by atoms with Crippen LogP contribution in [-0.2, 0) is 0 Å². The van der Waals surface area contributed by atoms with Crippen molar-refractivity contribution >= 4 is 0 Å². The van der Waals surface area contributed by atoms with Crippen LogP contribution in [0.1, 0.15) is 26.7 Å². The Bertz CT molecular complexity index is 157. The molecule has 0 aliphatic heterocycles. The molecule has 0 bridgehead atoms. The van der Waals surface area contributed by atoms with Crippen molar-refractivity contribution in [1.29, 1.82) is 0 Å². The lowest BCUT2D eigenvalue weighted by molar-refractivity contribution is 0.244. The van der Waals surface area contributed by atoms with Crippen LogP contribution in [-0.4, -0.2) is 57.1 Å². The third kappa shape index (κ3) is 9.13. The van der Waals surface area contributed by atoms with Crippen LogP contribution in [0.2, 0.25) is 0 Å². The molecule has 0 aliphatic carbocycles. The Labute approximate surface area is 102 Å². The molecule has 0 aromatic rings. The van der Waals surface area contributed by atoms with Crippen molar-refractivity contribution in [2.45, 2.75) is 26.7 Å². The van der Waals surface area contributed by atoms with Gasteiger partial charge in [-0.25, -0.2) is 0 Å². The molecule has 3 heteroatoms. The number of nitrogens with zero attached hydrogens (tertiary/aromatic N) is 2. The van der Waals surface area contributed by atoms with Crippen LogP contribution in [0.15, 0.2) is 0 Å². The monoisotopic (exact) mass is 229 g/mol. The highest BCUT2D eigenvalue weighted by molar-refractivity contribution is 4.66. The lowest BCUT2D eigenvalue weighted by Crippen LogP contribution is -2.32. The predicted molar refractivity (Wildman–Crippen MR) is 72.7 cm³/mol. The summed E-state index contributed by atoms with van der Waals surface area (Å²) in [5.41, 5.74) is 5.81. The van der Waals surface area contributed by atoms with Gasteiger partial charge in [0.2, 0.25) is 0 Å². The fourth-order valence-corrected chi connectivity index (χ4v) is 2.10. The molecule has 0 spiro atoms. The largest absolute Gasteiger partial charge is 0.330 e. The maximum atomic E-state index is 5.81. The highest BCUT2D eigenvalue weighted by Crippen LogP contribution is 2.11. The molecule has 3 nitrogen and oxygen atoms in total. The Hall–Kier alpha value is -0.120. The van der Waals surface area contributed by atoms with E-state index in [0.717, 1.165) is 19.0 Å². The van der Waals surface area contributed by atoms with Crippen LogP contribution in [0.5, 0.6) is 0 Å². The maximum Gasteiger partial charge on any atom is 0.00188 e. The van der Waals surface area contributed by atoms with Crippen LogP contribution in [0.4, 0.5) is 0 Å². The van der Waals surface area contributed by atoms with Gasteiger partial charge in [0, 0.05) is 6.54 Å². The fourth-order valence-electron chi connectivity index (χ4n) is 2.10. The quantitative estimate of drug-likeness (QED) is 0.650. The zero-order chi connectivity index (χ0) is 12.6. The maximum absolute atomic E-state index is 5.81. The van der Waals surface area contributed by atoms with E-state index >= 15 is 0 Å². The molecule has 1 atom stereocenters. The number of nitrogens with two attached hydrogens (primary N) is 1. The van der Waals surface area contributed by atoms with Crippen LogP contribution in [0.25, 0.3) is 0 Å². The van der Waals surface area contributed by atoms with E-state index in [1.807, 2.05) is 0 Å². The molecule has 0 aromatic heterocycles. The highest BCUT2D eigenvalue weighted by atomic mass is 15.1. The van der Waals surface area contributed by atoms with Gasteiger partial charge < -0.3 is 15.5 Å². The zero-order valence-electron chi connectivity index (χ0n) is 11.9. The third-order valence-electron chi connectivity index (χ3n) is 2.85. The van der Waals surface area contributed by atoms with E-state index in [4.69, 9.17) is 5.73 Å². The molecule has 2 N–H and O–H groups in total. The molecule has 0 saturated carbocycles. The summed E-state index contributed by atoms with van der Waals surface area (Å²) in [5.74, 6) is 1.41. The van der Waals surface area contributed by atoms with Crippen LogP contribution in [0, 0.1) is 11.8 Å². The fraction of sp³-hybridized carbons (Fsp3) is 1.00. The molecule has 1 unspecified atom stereocenters. The van der Waals surface area contributed by atoms with Crippen molar-refractivity contribution in [2.75, 3.05) is 47.3 Å². The minimum atomic E-state index is 0.657. The highest BCUT2D eigenvalue weighted by Gasteiger charge is 2.11. The van der Waals surface area contributed by atoms with E-state index in [0.29, 0.717) is 5.92 Å². The summed E-state index contributed by atoms with van der Waals surface area (Å²) in [5, 5.41) is 0. The Morgan fingerprint density at radius 2 is 1.69 bits per heavy atom. The van der Waals surface area contributed by atoms with E-state index in [9.17, 15) is 0 Å². The van der Waals surface area contributed by atoms with E-state index in [1.165, 1.54) is 25.9 Å². The second kappa shape index (κ2) is 8.97. The SMILES string of the molecule is CC(C)CC(CN)CN(C)CCCN(C)C. The van der Waals surface area contributed by atoms with Crippen molar-refractivity contribution in [2.24, 2.45) is 17.6 Å². The van der Waals surface area contributed by atoms with Gasteiger partial charge in [-0.05, 0) is 65.5 Å². The first-order valence-corrected chi connectivity index (χ1v) is 6.49. The number of hydrogen-bond donors (Lipinski definition) is 1. The van der Waals surface area contributed by atoms with Crippen molar-refractivity contribution in [3.63, 3.8) is 0 Å². The van der Waals surface area contributed by atoms with Gasteiger partial charge in [0.15, 0.2) is 0 Å². The standard InChI is InChI=1S/C13H31N3/c1-12(2)9-13(10-14)11-16(5)8-6-7-15(3)4/h12-13H,6-11,14H2,1-5H3. The Morgan fingerprint density at radius 3 is 2.12 bits per heavy atom. The normalized spacial score (nSPS) is 14.1. The van der Waals surface area contributed by atoms with Gasteiger partial charge in [-0.15, -0.1) is 0 Å². The third-order valence-corrected chi connectivity index (χ3v) is 2.85. The van der Waals surface area contributed by atoms with Crippen molar-refractivity contribution in [3.8, 4) is 0 Å². The molecule has 0 amide bonds. The van der Waals surface area contributed by atoms with Crippen LogP contribution in [0.3, 0.4) is 0 Å². The Kier molecular flexibility index (Phi) is 8.90. The summed E-state index contributed by atoms with van der Waals surface area (Å²) in [6.45, 7) is 8.84. The molecule has 0 rings (SSSR count). The molecule has 0 fully saturated rings. The van der Waals surface area contributed by atoms with Gasteiger partial charge in [-0.2, -0.15) is 0 Å². The topological polar surface area (TPSA) is 32.5 Å². The smallest absolute Gasteiger partial charge is 0.00188 e. The molecule has 0 aliphatic rings. The zero-order valence-corrected chi connectivity index (χ0v) is 11.9. The van der Waals surface area contributed by atoms with Crippen molar-refractivity contribution < 1.29 is 0 Å². The van der Waals surface area contributed by atoms with Gasteiger partial charge in [0.25, 0.3) is 0 Å². The summed E-state index contributed by atoms with van der Waals surface area (Å²) >= 11 is 0. The summed E-state index contributed by atoms with van der Waals surface area (Å²) in [6.07, 6.45) is 2.48. The van der Waals surface area contributed by atoms with Gasteiger partial charge in [-0.1, -0.05) is 13.8 Å². The lowest BCUT2D eigenvalue weighted by Gasteiger charge is -2.24. The molecule has 0 radical (unpaired) electrons. The van der Waals surface area contributed by atoms with Gasteiger partial charge in [0.1, 0.15) is 0 Å². The van der Waals surface area contributed by atoms with Crippen molar-refractivity contribution in [1.82, 2.24) is 9.80 Å². The van der Waals surface area contributed by atoms with E-state index in [1.54, 1.807) is 0 Å². The molecule has 0 saturated heterocycles. The first kappa shape index (κ1) is 15.9. The summed E-state index contributed by atoms with van der Waals surface area (Å²) in [4.78, 5) is 4.66. The number of rotatable bonds is 9. The van der Waals surface area contributed by atoms with Crippen LogP contribution >= 0.6 is 0 Å². The van der Waals surface area contributed by atoms with Gasteiger partial charge in [-0.3, -0.25) is 0 Å². The molecular weight excluding hydrogens is 198 g/mol. The predicted octanol–water partition coefficient (Wildman–Crippen LogP) is 1.49. The van der Waals surface area contributed by atoms with E-state index in [2.05, 4.69) is 44.8 Å². The molecular formula is C13H31N3. The molecule has 16 heavy (non-hydrogen) atoms.